The number of phenols is 1. The van der Waals surface area contributed by atoms with Crippen LogP contribution in [0.4, 0.5) is 9.18 Å². The number of aromatic hydroxyl groups is 1. The molecular formula is C15H22FNO5. The first kappa shape index (κ1) is 18.2. The summed E-state index contributed by atoms with van der Waals surface area (Å²) in [4.78, 5) is 11.4. The molecule has 1 amide bonds. The summed E-state index contributed by atoms with van der Waals surface area (Å²) in [5.41, 5.74) is -0.566. The average molecular weight is 315 g/mol. The second-order valence-electron chi connectivity index (χ2n) is 5.97. The molecule has 124 valence electrons. The fourth-order valence-electron chi connectivity index (χ4n) is 1.78. The summed E-state index contributed by atoms with van der Waals surface area (Å²) in [7, 11) is 0. The number of alkyl carbamates (subject to hydrolysis) is 1. The van der Waals surface area contributed by atoms with E-state index in [0.717, 1.165) is 18.2 Å². The van der Waals surface area contributed by atoms with E-state index in [4.69, 9.17) is 4.74 Å². The summed E-state index contributed by atoms with van der Waals surface area (Å²) in [6.45, 7) is 5.25. The third-order valence-electron chi connectivity index (χ3n) is 2.72. The number of nitrogens with one attached hydrogen (secondary N) is 1. The van der Waals surface area contributed by atoms with E-state index in [0.29, 0.717) is 0 Å². The van der Waals surface area contributed by atoms with E-state index < -0.39 is 29.7 Å². The Morgan fingerprint density at radius 3 is 2.50 bits per heavy atom. The van der Waals surface area contributed by atoms with Crippen molar-refractivity contribution in [2.75, 3.05) is 6.54 Å². The molecule has 4 N–H and O–H groups in total. The Hall–Kier alpha value is -1.86. The molecule has 2 atom stereocenters. The molecule has 0 bridgehead atoms. The first-order chi connectivity index (χ1) is 10.1. The second-order valence-corrected chi connectivity index (χ2v) is 5.97. The largest absolute Gasteiger partial charge is 0.508 e. The number of ether oxygens (including phenoxy) is 1. The zero-order chi connectivity index (χ0) is 16.9. The van der Waals surface area contributed by atoms with Crippen LogP contribution in [0.1, 0.15) is 38.9 Å². The van der Waals surface area contributed by atoms with E-state index in [-0.39, 0.29) is 24.3 Å². The molecule has 2 unspecified atom stereocenters. The third kappa shape index (κ3) is 6.28. The minimum Gasteiger partial charge on any atom is -0.508 e. The maximum atomic E-state index is 13.1. The summed E-state index contributed by atoms with van der Waals surface area (Å²) in [6, 6.07) is 3.08. The van der Waals surface area contributed by atoms with Crippen LogP contribution in [0.15, 0.2) is 18.2 Å². The van der Waals surface area contributed by atoms with Gasteiger partial charge in [0.1, 0.15) is 23.3 Å². The van der Waals surface area contributed by atoms with Crippen molar-refractivity contribution in [1.29, 1.82) is 0 Å². The van der Waals surface area contributed by atoms with Gasteiger partial charge in [-0.15, -0.1) is 0 Å². The number of hydrogen-bond acceptors (Lipinski definition) is 5. The molecule has 0 aromatic heterocycles. The second kappa shape index (κ2) is 7.42. The van der Waals surface area contributed by atoms with Crippen LogP contribution in [0.2, 0.25) is 0 Å². The van der Waals surface area contributed by atoms with Gasteiger partial charge in [-0.3, -0.25) is 0 Å². The lowest BCUT2D eigenvalue weighted by molar-refractivity contribution is 0.0121. The lowest BCUT2D eigenvalue weighted by Gasteiger charge is -2.21. The van der Waals surface area contributed by atoms with Gasteiger partial charge in [-0.2, -0.15) is 0 Å². The van der Waals surface area contributed by atoms with Gasteiger partial charge >= 0.3 is 6.09 Å². The lowest BCUT2D eigenvalue weighted by atomic mass is 10.0. The number of carbonyl (C=O) groups excluding carboxylic acids is 1. The van der Waals surface area contributed by atoms with E-state index in [2.05, 4.69) is 5.32 Å². The van der Waals surface area contributed by atoms with Gasteiger partial charge in [-0.25, -0.2) is 9.18 Å². The minimum absolute atomic E-state index is 0.0394. The third-order valence-corrected chi connectivity index (χ3v) is 2.72. The Morgan fingerprint density at radius 2 is 1.95 bits per heavy atom. The summed E-state index contributed by atoms with van der Waals surface area (Å²) in [5, 5.41) is 31.5. The molecule has 7 heteroatoms. The molecule has 0 fully saturated rings. The van der Waals surface area contributed by atoms with Crippen LogP contribution in [-0.2, 0) is 4.74 Å². The van der Waals surface area contributed by atoms with Gasteiger partial charge < -0.3 is 25.4 Å². The molecule has 0 saturated heterocycles. The molecular weight excluding hydrogens is 293 g/mol. The van der Waals surface area contributed by atoms with Gasteiger partial charge in [-0.1, -0.05) is 0 Å². The Morgan fingerprint density at radius 1 is 1.32 bits per heavy atom. The van der Waals surface area contributed by atoms with Crippen LogP contribution >= 0.6 is 0 Å². The Bertz CT molecular complexity index is 495. The number of amides is 1. The zero-order valence-corrected chi connectivity index (χ0v) is 12.8. The fourth-order valence-corrected chi connectivity index (χ4v) is 1.78. The van der Waals surface area contributed by atoms with Gasteiger partial charge in [-0.05, 0) is 44.9 Å². The molecule has 0 spiro atoms. The number of aliphatic hydroxyl groups is 2. The summed E-state index contributed by atoms with van der Waals surface area (Å²) in [6.07, 6.45) is -3.19. The Kier molecular flexibility index (Phi) is 6.13. The molecule has 1 aromatic rings. The fraction of sp³-hybridized carbons (Fsp3) is 0.533. The topological polar surface area (TPSA) is 99.0 Å². The van der Waals surface area contributed by atoms with Crippen molar-refractivity contribution in [3.8, 4) is 5.75 Å². The zero-order valence-electron chi connectivity index (χ0n) is 12.8. The number of phenolic OH excluding ortho intramolecular Hbond substituents is 1. The van der Waals surface area contributed by atoms with Gasteiger partial charge in [0.05, 0.1) is 6.10 Å². The molecule has 22 heavy (non-hydrogen) atoms. The van der Waals surface area contributed by atoms with Crippen LogP contribution in [0, 0.1) is 5.82 Å². The monoisotopic (exact) mass is 315 g/mol. The van der Waals surface area contributed by atoms with E-state index >= 15 is 0 Å². The minimum atomic E-state index is -1.37. The summed E-state index contributed by atoms with van der Waals surface area (Å²) >= 11 is 0. The van der Waals surface area contributed by atoms with Crippen molar-refractivity contribution in [1.82, 2.24) is 5.32 Å². The smallest absolute Gasteiger partial charge is 0.407 e. The van der Waals surface area contributed by atoms with Gasteiger partial charge in [0.25, 0.3) is 0 Å². The Balaban J connectivity index is 2.48. The van der Waals surface area contributed by atoms with Crippen molar-refractivity contribution >= 4 is 6.09 Å². The van der Waals surface area contributed by atoms with Crippen molar-refractivity contribution in [3.05, 3.63) is 29.6 Å². The van der Waals surface area contributed by atoms with Crippen LogP contribution in [0.5, 0.6) is 5.75 Å². The number of aliphatic hydroxyl groups excluding tert-OH is 2. The SMILES string of the molecule is CC(C)(C)OC(=O)NCCC(O)C(O)c1cc(O)cc(F)c1. The standard InChI is InChI=1S/C15H22FNO5/c1-15(2,3)22-14(21)17-5-4-12(19)13(20)9-6-10(16)8-11(18)7-9/h6-8,12-13,18-20H,4-5H2,1-3H3,(H,17,21). The van der Waals surface area contributed by atoms with E-state index in [9.17, 15) is 24.5 Å². The van der Waals surface area contributed by atoms with E-state index in [1.807, 2.05) is 0 Å². The molecule has 0 aliphatic rings. The predicted octanol–water partition coefficient (Wildman–Crippen LogP) is 1.84. The summed E-state index contributed by atoms with van der Waals surface area (Å²) in [5.74, 6) is -1.05. The van der Waals surface area contributed by atoms with Crippen LogP contribution < -0.4 is 5.32 Å². The maximum absolute atomic E-state index is 13.1. The molecule has 1 aromatic carbocycles. The van der Waals surface area contributed by atoms with Crippen LogP contribution in [0.3, 0.4) is 0 Å². The first-order valence-corrected chi connectivity index (χ1v) is 6.91. The number of benzene rings is 1. The van der Waals surface area contributed by atoms with Crippen molar-refractivity contribution < 1.29 is 29.2 Å². The van der Waals surface area contributed by atoms with Crippen LogP contribution in [0.25, 0.3) is 0 Å². The molecule has 0 saturated carbocycles. The summed E-state index contributed by atoms with van der Waals surface area (Å²) < 4.78 is 18.2. The molecule has 6 nitrogen and oxygen atoms in total. The highest BCUT2D eigenvalue weighted by Crippen LogP contribution is 2.24. The quantitative estimate of drug-likeness (QED) is 0.664. The normalized spacial score (nSPS) is 14.3. The Labute approximate surface area is 128 Å². The van der Waals surface area contributed by atoms with Gasteiger partial charge in [0.15, 0.2) is 0 Å². The van der Waals surface area contributed by atoms with Gasteiger partial charge in [0, 0.05) is 12.6 Å². The number of carbonyl (C=O) groups is 1. The molecule has 0 radical (unpaired) electrons. The molecule has 0 aliphatic carbocycles. The van der Waals surface area contributed by atoms with Crippen LogP contribution in [-0.4, -0.2) is 39.7 Å². The average Bonchev–Trinajstić information content (AvgIpc) is 2.34. The van der Waals surface area contributed by atoms with Crippen molar-refractivity contribution in [3.63, 3.8) is 0 Å². The van der Waals surface area contributed by atoms with Crippen molar-refractivity contribution in [2.24, 2.45) is 0 Å². The predicted molar refractivity (Wildman–Crippen MR) is 77.9 cm³/mol. The highest BCUT2D eigenvalue weighted by molar-refractivity contribution is 5.67. The van der Waals surface area contributed by atoms with Gasteiger partial charge in [0.2, 0.25) is 0 Å². The number of halogens is 1. The molecule has 0 heterocycles. The van der Waals surface area contributed by atoms with Crippen molar-refractivity contribution in [2.45, 2.75) is 45.0 Å². The number of hydrogen-bond donors (Lipinski definition) is 4. The first-order valence-electron chi connectivity index (χ1n) is 6.91. The lowest BCUT2D eigenvalue weighted by Crippen LogP contribution is -2.34. The molecule has 0 aliphatic heterocycles. The highest BCUT2D eigenvalue weighted by Gasteiger charge is 2.21. The molecule has 1 rings (SSSR count). The highest BCUT2D eigenvalue weighted by atomic mass is 19.1. The number of rotatable bonds is 5. The maximum Gasteiger partial charge on any atom is 0.407 e. The van der Waals surface area contributed by atoms with E-state index in [1.54, 1.807) is 20.8 Å². The van der Waals surface area contributed by atoms with E-state index in [1.165, 1.54) is 0 Å².